The van der Waals surface area contributed by atoms with Gasteiger partial charge in [0.15, 0.2) is 0 Å². The molecule has 0 spiro atoms. The highest BCUT2D eigenvalue weighted by atomic mass is 16.6. The maximum Gasteiger partial charge on any atom is 0.288 e. The van der Waals surface area contributed by atoms with Crippen LogP contribution in [0.1, 0.15) is 11.3 Å². The van der Waals surface area contributed by atoms with Gasteiger partial charge in [0.25, 0.3) is 11.2 Å². The second kappa shape index (κ2) is 6.21. The van der Waals surface area contributed by atoms with Gasteiger partial charge in [-0.3, -0.25) is 14.9 Å². The van der Waals surface area contributed by atoms with Gasteiger partial charge >= 0.3 is 0 Å². The number of aryl methyl sites for hydroxylation is 1. The fraction of sp³-hybridized carbons (Fsp3) is 0.267. The summed E-state index contributed by atoms with van der Waals surface area (Å²) in [6.45, 7) is 4.08. The van der Waals surface area contributed by atoms with Gasteiger partial charge in [0, 0.05) is 12.1 Å². The smallest absolute Gasteiger partial charge is 0.288 e. The van der Waals surface area contributed by atoms with Crippen molar-refractivity contribution in [1.29, 1.82) is 0 Å². The SMILES string of the molecule is Cc1ccc(OCCn2c(C)c([N+](=O)[O-])ccc2=O)cc1. The Kier molecular flexibility index (Phi) is 4.37. The molecule has 0 unspecified atom stereocenters. The molecule has 0 aliphatic rings. The fourth-order valence-corrected chi connectivity index (χ4v) is 2.02. The number of hydrogen-bond acceptors (Lipinski definition) is 4. The van der Waals surface area contributed by atoms with Gasteiger partial charge < -0.3 is 9.30 Å². The molecular weight excluding hydrogens is 272 g/mol. The molecule has 1 aromatic carbocycles. The maximum atomic E-state index is 11.8. The lowest BCUT2D eigenvalue weighted by molar-refractivity contribution is -0.386. The van der Waals surface area contributed by atoms with Crippen molar-refractivity contribution in [2.45, 2.75) is 20.4 Å². The summed E-state index contributed by atoms with van der Waals surface area (Å²) in [5.74, 6) is 0.705. The molecule has 0 atom stereocenters. The molecule has 6 nitrogen and oxygen atoms in total. The lowest BCUT2D eigenvalue weighted by Crippen LogP contribution is -2.25. The van der Waals surface area contributed by atoms with Gasteiger partial charge in [-0.1, -0.05) is 17.7 Å². The predicted molar refractivity (Wildman–Crippen MR) is 78.8 cm³/mol. The summed E-state index contributed by atoms with van der Waals surface area (Å²) >= 11 is 0. The van der Waals surface area contributed by atoms with Crippen LogP contribution in [0.2, 0.25) is 0 Å². The van der Waals surface area contributed by atoms with Crippen LogP contribution in [0, 0.1) is 24.0 Å². The van der Waals surface area contributed by atoms with Crippen LogP contribution in [-0.2, 0) is 6.54 Å². The zero-order valence-corrected chi connectivity index (χ0v) is 11.9. The number of nitrogens with zero attached hydrogens (tertiary/aromatic N) is 2. The van der Waals surface area contributed by atoms with Gasteiger partial charge in [-0.2, -0.15) is 0 Å². The van der Waals surface area contributed by atoms with E-state index < -0.39 is 4.92 Å². The second-order valence-electron chi connectivity index (χ2n) is 4.71. The molecule has 0 saturated heterocycles. The van der Waals surface area contributed by atoms with Gasteiger partial charge in [-0.05, 0) is 26.0 Å². The first-order chi connectivity index (χ1) is 9.99. The predicted octanol–water partition coefficient (Wildman–Crippen LogP) is 2.45. The van der Waals surface area contributed by atoms with Crippen LogP contribution < -0.4 is 10.3 Å². The van der Waals surface area contributed by atoms with E-state index in [1.54, 1.807) is 6.92 Å². The normalized spacial score (nSPS) is 10.4. The molecule has 0 aliphatic heterocycles. The Hall–Kier alpha value is -2.63. The topological polar surface area (TPSA) is 74.4 Å². The molecule has 1 heterocycles. The minimum atomic E-state index is -0.494. The van der Waals surface area contributed by atoms with Crippen molar-refractivity contribution in [3.05, 3.63) is 68.1 Å². The summed E-state index contributed by atoms with van der Waals surface area (Å²) in [5.41, 5.74) is 1.13. The first kappa shape index (κ1) is 14.8. The Morgan fingerprint density at radius 3 is 2.43 bits per heavy atom. The first-order valence-electron chi connectivity index (χ1n) is 6.53. The Bertz CT molecular complexity index is 705. The second-order valence-corrected chi connectivity index (χ2v) is 4.71. The van der Waals surface area contributed by atoms with Crippen molar-refractivity contribution in [3.63, 3.8) is 0 Å². The average molecular weight is 288 g/mol. The third kappa shape index (κ3) is 3.47. The summed E-state index contributed by atoms with van der Waals surface area (Å²) < 4.78 is 6.90. The van der Waals surface area contributed by atoms with E-state index in [0.717, 1.165) is 5.56 Å². The number of ether oxygens (including phenoxy) is 1. The number of rotatable bonds is 5. The van der Waals surface area contributed by atoms with Gasteiger partial charge in [0.05, 0.1) is 17.2 Å². The van der Waals surface area contributed by atoms with Crippen LogP contribution >= 0.6 is 0 Å². The number of pyridine rings is 1. The summed E-state index contributed by atoms with van der Waals surface area (Å²) in [6.07, 6.45) is 0. The van der Waals surface area contributed by atoms with E-state index in [0.29, 0.717) is 11.4 Å². The largest absolute Gasteiger partial charge is 0.492 e. The summed E-state index contributed by atoms with van der Waals surface area (Å²) in [5, 5.41) is 10.9. The molecule has 0 amide bonds. The van der Waals surface area contributed by atoms with Gasteiger partial charge in [0.2, 0.25) is 0 Å². The van der Waals surface area contributed by atoms with E-state index in [9.17, 15) is 14.9 Å². The molecule has 2 aromatic rings. The molecule has 110 valence electrons. The van der Waals surface area contributed by atoms with Crippen LogP contribution in [0.25, 0.3) is 0 Å². The lowest BCUT2D eigenvalue weighted by atomic mass is 10.2. The maximum absolute atomic E-state index is 11.8. The van der Waals surface area contributed by atoms with Gasteiger partial charge in [-0.25, -0.2) is 0 Å². The lowest BCUT2D eigenvalue weighted by Gasteiger charge is -2.11. The molecule has 2 rings (SSSR count). The highest BCUT2D eigenvalue weighted by Crippen LogP contribution is 2.15. The Labute approximate surface area is 121 Å². The monoisotopic (exact) mass is 288 g/mol. The third-order valence-electron chi connectivity index (χ3n) is 3.23. The Balaban J connectivity index is 2.09. The van der Waals surface area contributed by atoms with Crippen molar-refractivity contribution >= 4 is 5.69 Å². The molecule has 21 heavy (non-hydrogen) atoms. The molecule has 0 bridgehead atoms. The molecule has 0 aliphatic carbocycles. The first-order valence-corrected chi connectivity index (χ1v) is 6.53. The minimum Gasteiger partial charge on any atom is -0.492 e. The number of aromatic nitrogens is 1. The quantitative estimate of drug-likeness (QED) is 0.625. The van der Waals surface area contributed by atoms with E-state index in [2.05, 4.69) is 0 Å². The average Bonchev–Trinajstić information content (AvgIpc) is 2.44. The Morgan fingerprint density at radius 1 is 1.14 bits per heavy atom. The highest BCUT2D eigenvalue weighted by Gasteiger charge is 2.14. The number of nitro groups is 1. The van der Waals surface area contributed by atoms with Crippen LogP contribution in [-0.4, -0.2) is 16.1 Å². The number of benzene rings is 1. The van der Waals surface area contributed by atoms with E-state index in [1.165, 1.54) is 16.7 Å². The molecule has 1 aromatic heterocycles. The van der Waals surface area contributed by atoms with Crippen molar-refractivity contribution in [2.75, 3.05) is 6.61 Å². The van der Waals surface area contributed by atoms with Crippen molar-refractivity contribution < 1.29 is 9.66 Å². The fourth-order valence-electron chi connectivity index (χ4n) is 2.02. The van der Waals surface area contributed by atoms with Crippen LogP contribution in [0.15, 0.2) is 41.2 Å². The van der Waals surface area contributed by atoms with E-state index in [4.69, 9.17) is 4.74 Å². The van der Waals surface area contributed by atoms with E-state index >= 15 is 0 Å². The molecule has 0 saturated carbocycles. The van der Waals surface area contributed by atoms with Crippen molar-refractivity contribution in [1.82, 2.24) is 4.57 Å². The molecule has 0 fully saturated rings. The van der Waals surface area contributed by atoms with Crippen molar-refractivity contribution in [3.8, 4) is 5.75 Å². The molecule has 0 N–H and O–H groups in total. The molecule has 6 heteroatoms. The zero-order valence-electron chi connectivity index (χ0n) is 11.9. The van der Waals surface area contributed by atoms with Crippen molar-refractivity contribution in [2.24, 2.45) is 0 Å². The molecular formula is C15H16N2O4. The van der Waals surface area contributed by atoms with Gasteiger partial charge in [-0.15, -0.1) is 0 Å². The van der Waals surface area contributed by atoms with E-state index in [-0.39, 0.29) is 24.4 Å². The molecule has 0 radical (unpaired) electrons. The van der Waals surface area contributed by atoms with Crippen LogP contribution in [0.5, 0.6) is 5.75 Å². The van der Waals surface area contributed by atoms with E-state index in [1.807, 2.05) is 31.2 Å². The van der Waals surface area contributed by atoms with Crippen LogP contribution in [0.3, 0.4) is 0 Å². The Morgan fingerprint density at radius 2 is 1.81 bits per heavy atom. The minimum absolute atomic E-state index is 0.0649. The standard InChI is InChI=1S/C15H16N2O4/c1-11-3-5-13(6-4-11)21-10-9-16-12(2)14(17(19)20)7-8-15(16)18/h3-8H,9-10H2,1-2H3. The highest BCUT2D eigenvalue weighted by molar-refractivity contribution is 5.34. The third-order valence-corrected chi connectivity index (χ3v) is 3.23. The number of hydrogen-bond donors (Lipinski definition) is 0. The van der Waals surface area contributed by atoms with Crippen LogP contribution in [0.4, 0.5) is 5.69 Å². The summed E-state index contributed by atoms with van der Waals surface area (Å²) in [4.78, 5) is 22.2. The summed E-state index contributed by atoms with van der Waals surface area (Å²) in [6, 6.07) is 9.99. The summed E-state index contributed by atoms with van der Waals surface area (Å²) in [7, 11) is 0. The van der Waals surface area contributed by atoms with Gasteiger partial charge in [0.1, 0.15) is 12.4 Å². The zero-order chi connectivity index (χ0) is 15.4.